The highest BCUT2D eigenvalue weighted by atomic mass is 19.1. The topological polar surface area (TPSA) is 248 Å². The lowest BCUT2D eigenvalue weighted by atomic mass is 9.92. The summed E-state index contributed by atoms with van der Waals surface area (Å²) >= 11 is 0. The van der Waals surface area contributed by atoms with Gasteiger partial charge in [-0.2, -0.15) is 0 Å². The molecule has 3 heterocycles. The summed E-state index contributed by atoms with van der Waals surface area (Å²) in [4.78, 5) is 87.8. The number of aromatic hydroxyl groups is 1. The first kappa shape index (κ1) is 74.6. The van der Waals surface area contributed by atoms with Gasteiger partial charge in [-0.25, -0.2) is 37.1 Å². The van der Waals surface area contributed by atoms with E-state index in [9.17, 15) is 57.3 Å². The molecule has 0 radical (unpaired) electrons. The number of nitrogens with zero attached hydrogens (tertiary/aromatic N) is 3. The van der Waals surface area contributed by atoms with Crippen molar-refractivity contribution in [3.8, 4) is 50.6 Å². The smallest absolute Gasteiger partial charge is 0.341 e. The first-order valence-corrected chi connectivity index (χ1v) is 34.0. The maximum atomic E-state index is 13.4. The fourth-order valence-electron chi connectivity index (χ4n) is 12.6. The first-order valence-electron chi connectivity index (χ1n) is 34.0. The van der Waals surface area contributed by atoms with Crippen LogP contribution in [-0.2, 0) is 46.7 Å². The molecule has 3 N–H and O–H groups in total. The molecule has 0 amide bonds. The van der Waals surface area contributed by atoms with Crippen molar-refractivity contribution in [2.45, 2.75) is 32.5 Å². The van der Waals surface area contributed by atoms with E-state index in [4.69, 9.17) is 33.7 Å². The summed E-state index contributed by atoms with van der Waals surface area (Å²) in [5.41, 5.74) is 11.9. The van der Waals surface area contributed by atoms with Gasteiger partial charge in [-0.3, -0.25) is 19.7 Å². The largest absolute Gasteiger partial charge is 0.505 e. The highest BCUT2D eigenvalue weighted by Crippen LogP contribution is 2.43. The minimum atomic E-state index is -1.13. The molecule has 3 aromatic heterocycles. The number of aldehydes is 1. The molecule has 0 saturated heterocycles. The summed E-state index contributed by atoms with van der Waals surface area (Å²) in [6, 6.07) is 68.2. The summed E-state index contributed by atoms with van der Waals surface area (Å²) in [7, 11) is 3.78. The Labute approximate surface area is 622 Å². The second-order valence-corrected chi connectivity index (χ2v) is 25.0. The Morgan fingerprint density at radius 1 is 0.349 bits per heavy atom. The molecule has 20 heteroatoms. The molecule has 0 aliphatic carbocycles. The number of methoxy groups -OCH3 is 3. The number of hydrogen-bond donors (Lipinski definition) is 3. The summed E-state index contributed by atoms with van der Waals surface area (Å²) in [6.07, 6.45) is 7.18. The van der Waals surface area contributed by atoms with E-state index >= 15 is 0 Å². The van der Waals surface area contributed by atoms with Gasteiger partial charge in [0.1, 0.15) is 63.9 Å². The molecule has 14 rings (SSSR count). The van der Waals surface area contributed by atoms with Crippen molar-refractivity contribution in [1.29, 1.82) is 0 Å². The van der Waals surface area contributed by atoms with Gasteiger partial charge in [0.2, 0.25) is 0 Å². The number of aromatic carboxylic acids is 2. The number of carboxylic acid groups (broad SMARTS) is 2. The summed E-state index contributed by atoms with van der Waals surface area (Å²) in [5.74, 6) is -4.96. The number of hydrogen-bond acceptors (Lipinski definition) is 15. The molecule has 542 valence electrons. The fourth-order valence-corrected chi connectivity index (χ4v) is 12.6. The number of pyridine rings is 3. The molecule has 0 aliphatic rings. The van der Waals surface area contributed by atoms with Crippen LogP contribution in [-0.4, -0.2) is 87.7 Å². The molecule has 0 spiro atoms. The first-order chi connectivity index (χ1) is 52.9. The van der Waals surface area contributed by atoms with Crippen molar-refractivity contribution in [2.75, 3.05) is 21.3 Å². The maximum Gasteiger partial charge on any atom is 0.341 e. The molecule has 0 saturated carbocycles. The van der Waals surface area contributed by atoms with Crippen molar-refractivity contribution >= 4 is 68.8 Å². The van der Waals surface area contributed by atoms with Crippen molar-refractivity contribution in [2.24, 2.45) is 0 Å². The highest BCUT2D eigenvalue weighted by molar-refractivity contribution is 6.12. The molecule has 0 fully saturated rings. The second-order valence-electron chi connectivity index (χ2n) is 25.0. The third kappa shape index (κ3) is 17.3. The molecule has 14 aromatic rings. The Hall–Kier alpha value is -14.1. The second kappa shape index (κ2) is 34.2. The predicted molar refractivity (Wildman–Crippen MR) is 406 cm³/mol. The average Bonchev–Trinajstić information content (AvgIpc) is 0.775. The third-order valence-corrected chi connectivity index (χ3v) is 17.9. The fraction of sp³-hybridized carbons (Fsp3) is 0.0899. The van der Waals surface area contributed by atoms with Gasteiger partial charge in [0.05, 0.1) is 32.5 Å². The number of phenolic OH excluding ortho intramolecular Hbond substituents is 1. The number of fused-ring (bicyclic) bond motifs is 3. The zero-order chi connectivity index (χ0) is 76.7. The standard InChI is InChI=1S/C32H24FNO5.C32H24FNO4.C25H18FNO5/c1-38-32(37)28-17-26(24-9-5-6-10-25(24)31(35)36)27-16-22(15-20-11-13-23(33)14-12-20)18-34-29(27)30(28)39-19-21-7-3-2-4-8-21;1-37-32(36)29-17-27(26-10-6-5-9-24(26)19-35)28-16-23(15-21-11-13-25(33)14-12-21)18-34-30(28)31(29)38-20-22-7-3-2-4-8-22;1-32-25(31)21-12-19(17-4-2-3-5-18(17)24(29)30)20-11-15(13-27-22(20)23(21)28)10-14-6-8-16(26)9-7-14/h2-14,16-18H,15,19H2,1H3,(H,35,36);2-14,16-19H,15,20H2,1H3;2-9,11-13,28H,10H2,1H3,(H,29,30). The van der Waals surface area contributed by atoms with E-state index in [1.807, 2.05) is 84.9 Å². The normalized spacial score (nSPS) is 10.8. The monoisotopic (exact) mass is 1460 g/mol. The summed E-state index contributed by atoms with van der Waals surface area (Å²) in [6.45, 7) is 0.410. The minimum Gasteiger partial charge on any atom is -0.505 e. The third-order valence-electron chi connectivity index (χ3n) is 17.9. The maximum absolute atomic E-state index is 13.4. The van der Waals surface area contributed by atoms with E-state index in [0.29, 0.717) is 85.8 Å². The number of carbonyl (C=O) groups is 6. The summed E-state index contributed by atoms with van der Waals surface area (Å²) < 4.78 is 67.4. The average molecular weight is 1460 g/mol. The van der Waals surface area contributed by atoms with Crippen LogP contribution in [0, 0.1) is 17.5 Å². The van der Waals surface area contributed by atoms with E-state index in [2.05, 4.69) is 4.98 Å². The summed E-state index contributed by atoms with van der Waals surface area (Å²) in [5, 5.41) is 32.1. The van der Waals surface area contributed by atoms with E-state index in [-0.39, 0.29) is 75.5 Å². The van der Waals surface area contributed by atoms with E-state index in [1.54, 1.807) is 122 Å². The Balaban J connectivity index is 0.000000153. The van der Waals surface area contributed by atoms with Gasteiger partial charge in [-0.1, -0.05) is 158 Å². The molecule has 109 heavy (non-hydrogen) atoms. The van der Waals surface area contributed by atoms with E-state index in [1.165, 1.54) is 75.9 Å². The number of halogens is 3. The molecule has 0 aliphatic heterocycles. The van der Waals surface area contributed by atoms with Gasteiger partial charge in [0, 0.05) is 40.3 Å². The number of rotatable bonds is 21. The lowest BCUT2D eigenvalue weighted by Crippen LogP contribution is -2.09. The zero-order valence-electron chi connectivity index (χ0n) is 58.7. The lowest BCUT2D eigenvalue weighted by molar-refractivity contribution is 0.0586. The van der Waals surface area contributed by atoms with Crippen molar-refractivity contribution in [3.63, 3.8) is 0 Å². The molecule has 11 aromatic carbocycles. The SMILES string of the molecule is COC(=O)c1cc(-c2ccccc2C(=O)O)c2cc(Cc3ccc(F)cc3)cnc2c1O.COC(=O)c1cc(-c2ccccc2C(=O)O)c2cc(Cc3ccc(F)cc3)cnc2c1OCc1ccccc1.COC(=O)c1cc(-c2ccccc2C=O)c2cc(Cc3ccc(F)cc3)cnc2c1OCc1ccccc1. The van der Waals surface area contributed by atoms with Crippen molar-refractivity contribution in [1.82, 2.24) is 15.0 Å². The molecule has 0 unspecified atom stereocenters. The number of ether oxygens (including phenoxy) is 5. The Kier molecular flexibility index (Phi) is 23.4. The zero-order valence-corrected chi connectivity index (χ0v) is 58.7. The van der Waals surface area contributed by atoms with Crippen LogP contribution in [0.4, 0.5) is 13.2 Å². The van der Waals surface area contributed by atoms with Crippen LogP contribution in [0.25, 0.3) is 66.1 Å². The van der Waals surface area contributed by atoms with Crippen LogP contribution in [0.15, 0.2) is 261 Å². The number of carbonyl (C=O) groups excluding carboxylic acids is 4. The van der Waals surface area contributed by atoms with E-state index in [0.717, 1.165) is 56.2 Å². The van der Waals surface area contributed by atoms with Gasteiger partial charge in [0.15, 0.2) is 23.5 Å². The van der Waals surface area contributed by atoms with Crippen LogP contribution in [0.3, 0.4) is 0 Å². The molecular weight excluding hydrogens is 1390 g/mol. The quantitative estimate of drug-likeness (QED) is 0.0344. The number of aromatic nitrogens is 3. The Morgan fingerprint density at radius 2 is 0.670 bits per heavy atom. The number of benzene rings is 11. The predicted octanol–water partition coefficient (Wildman–Crippen LogP) is 18.3. The Bertz CT molecular complexity index is 5750. The molecule has 0 atom stereocenters. The van der Waals surface area contributed by atoms with Crippen molar-refractivity contribution in [3.05, 3.63) is 357 Å². The van der Waals surface area contributed by atoms with E-state index < -0.39 is 29.8 Å². The highest BCUT2D eigenvalue weighted by Gasteiger charge is 2.28. The lowest BCUT2D eigenvalue weighted by Gasteiger charge is -2.18. The van der Waals surface area contributed by atoms with Gasteiger partial charge in [-0.15, -0.1) is 0 Å². The molecular formula is C89H66F3N3O14. The van der Waals surface area contributed by atoms with Crippen LogP contribution >= 0.6 is 0 Å². The van der Waals surface area contributed by atoms with Gasteiger partial charge < -0.3 is 39.0 Å². The molecule has 17 nitrogen and oxygen atoms in total. The number of carboxylic acids is 2. The van der Waals surface area contributed by atoms with Crippen LogP contribution < -0.4 is 9.47 Å². The van der Waals surface area contributed by atoms with Gasteiger partial charge in [0.25, 0.3) is 0 Å². The van der Waals surface area contributed by atoms with Crippen LogP contribution in [0.1, 0.15) is 107 Å². The number of esters is 3. The van der Waals surface area contributed by atoms with Crippen LogP contribution in [0.5, 0.6) is 17.2 Å². The van der Waals surface area contributed by atoms with Crippen LogP contribution in [0.2, 0.25) is 0 Å². The van der Waals surface area contributed by atoms with Gasteiger partial charge >= 0.3 is 29.8 Å². The molecule has 0 bridgehead atoms. The number of phenols is 1. The Morgan fingerprint density at radius 3 is 1.05 bits per heavy atom. The van der Waals surface area contributed by atoms with Crippen molar-refractivity contribution < 1.29 is 80.9 Å². The van der Waals surface area contributed by atoms with Gasteiger partial charge in [-0.05, 0) is 182 Å². The minimum absolute atomic E-state index is 0.0410.